The second kappa shape index (κ2) is 7.52. The first-order chi connectivity index (χ1) is 11.3. The topological polar surface area (TPSA) is 114 Å². The van der Waals surface area contributed by atoms with Crippen LogP contribution in [0.25, 0.3) is 11.4 Å². The van der Waals surface area contributed by atoms with Crippen LogP contribution in [0.15, 0.2) is 60.7 Å². The molecule has 0 radical (unpaired) electrons. The number of hydrogen-bond donors (Lipinski definition) is 0. The van der Waals surface area contributed by atoms with Crippen molar-refractivity contribution in [1.29, 1.82) is 0 Å². The second-order valence-corrected chi connectivity index (χ2v) is 5.65. The Labute approximate surface area is 141 Å². The molecule has 0 saturated heterocycles. The maximum Gasteiger partial charge on any atom is 0.279 e. The monoisotopic (exact) mass is 349 g/mol. The van der Waals surface area contributed by atoms with Crippen molar-refractivity contribution in [2.45, 2.75) is 13.8 Å². The van der Waals surface area contributed by atoms with Crippen LogP contribution in [-0.4, -0.2) is 9.78 Å². The minimum atomic E-state index is -4.94. The van der Waals surface area contributed by atoms with E-state index in [2.05, 4.69) is 40.9 Å². The average Bonchev–Trinajstić information content (AvgIpc) is 2.82. The standard InChI is InChI=1S/C16H16N3.ClHO4/c1-13-17-19(16-11-7-4-8-12-16)14(2)18(13)15-9-5-3-6-10-15;2-1(3,4)5/h3-12H,1-2H3;(H,2,3,4,5)/q+1;/p-1. The van der Waals surface area contributed by atoms with Gasteiger partial charge in [0.1, 0.15) is 11.4 Å². The van der Waals surface area contributed by atoms with Gasteiger partial charge in [-0.25, -0.2) is 18.6 Å². The summed E-state index contributed by atoms with van der Waals surface area (Å²) in [6, 6.07) is 20.5. The van der Waals surface area contributed by atoms with Gasteiger partial charge in [-0.05, 0) is 24.3 Å². The van der Waals surface area contributed by atoms with E-state index in [9.17, 15) is 0 Å². The van der Waals surface area contributed by atoms with Crippen LogP contribution in [0.3, 0.4) is 0 Å². The molecule has 1 heterocycles. The molecule has 0 aliphatic heterocycles. The zero-order valence-corrected chi connectivity index (χ0v) is 13.9. The summed E-state index contributed by atoms with van der Waals surface area (Å²) in [6.45, 7) is 4.11. The number of nitrogens with zero attached hydrogens (tertiary/aromatic N) is 3. The van der Waals surface area contributed by atoms with Crippen LogP contribution in [0.5, 0.6) is 0 Å². The van der Waals surface area contributed by atoms with Crippen LogP contribution in [0.4, 0.5) is 0 Å². The molecule has 0 saturated carbocycles. The van der Waals surface area contributed by atoms with Gasteiger partial charge in [0.15, 0.2) is 0 Å². The predicted molar refractivity (Wildman–Crippen MR) is 74.6 cm³/mol. The molecule has 2 aromatic carbocycles. The first-order valence-electron chi connectivity index (χ1n) is 6.98. The molecule has 0 unspecified atom stereocenters. The van der Waals surface area contributed by atoms with Gasteiger partial charge in [-0.15, -0.1) is 10.2 Å². The number of hydrogen-bond acceptors (Lipinski definition) is 5. The molecule has 0 spiro atoms. The van der Waals surface area contributed by atoms with Crippen LogP contribution in [0, 0.1) is 24.1 Å². The normalized spacial score (nSPS) is 10.9. The Bertz CT molecular complexity index is 780. The van der Waals surface area contributed by atoms with Crippen molar-refractivity contribution in [3.8, 4) is 11.4 Å². The Hall–Kier alpha value is -2.29. The van der Waals surface area contributed by atoms with E-state index < -0.39 is 10.2 Å². The summed E-state index contributed by atoms with van der Waals surface area (Å²) in [6.07, 6.45) is 0. The van der Waals surface area contributed by atoms with Gasteiger partial charge in [-0.2, -0.15) is 4.57 Å². The van der Waals surface area contributed by atoms with Crippen molar-refractivity contribution in [2.24, 2.45) is 0 Å². The van der Waals surface area contributed by atoms with Gasteiger partial charge in [-0.1, -0.05) is 41.1 Å². The molecule has 24 heavy (non-hydrogen) atoms. The van der Waals surface area contributed by atoms with E-state index in [4.69, 9.17) is 18.6 Å². The summed E-state index contributed by atoms with van der Waals surface area (Å²) >= 11 is 0. The van der Waals surface area contributed by atoms with Gasteiger partial charge in [-0.3, -0.25) is 0 Å². The Balaban J connectivity index is 0.000000368. The van der Waals surface area contributed by atoms with E-state index in [1.165, 1.54) is 0 Å². The van der Waals surface area contributed by atoms with Crippen molar-refractivity contribution in [1.82, 2.24) is 9.78 Å². The van der Waals surface area contributed by atoms with Gasteiger partial charge in [0.2, 0.25) is 5.82 Å². The lowest BCUT2D eigenvalue weighted by Gasteiger charge is -2.17. The molecule has 0 aliphatic rings. The highest BCUT2D eigenvalue weighted by Gasteiger charge is 2.21. The fourth-order valence-electron chi connectivity index (χ4n) is 2.36. The minimum Gasteiger partial charge on any atom is -0.222 e. The van der Waals surface area contributed by atoms with Crippen molar-refractivity contribution >= 4 is 0 Å². The van der Waals surface area contributed by atoms with Crippen LogP contribution in [0.2, 0.25) is 0 Å². The molecule has 0 bridgehead atoms. The molecule has 0 atom stereocenters. The zero-order valence-electron chi connectivity index (χ0n) is 13.1. The van der Waals surface area contributed by atoms with Crippen molar-refractivity contribution in [2.75, 3.05) is 0 Å². The lowest BCUT2D eigenvalue weighted by Crippen LogP contribution is -2.68. The van der Waals surface area contributed by atoms with Gasteiger partial charge >= 0.3 is 0 Å². The molecular weight excluding hydrogens is 334 g/mol. The van der Waals surface area contributed by atoms with Crippen LogP contribution < -0.4 is 23.2 Å². The Kier molecular flexibility index (Phi) is 5.66. The summed E-state index contributed by atoms with van der Waals surface area (Å²) in [5, 5.41) is 4.64. The van der Waals surface area contributed by atoms with Crippen molar-refractivity contribution in [3.05, 3.63) is 72.3 Å². The maximum absolute atomic E-state index is 8.49. The number of para-hydroxylation sites is 2. The van der Waals surface area contributed by atoms with E-state index in [1.807, 2.05) is 48.0 Å². The third-order valence-electron chi connectivity index (χ3n) is 3.21. The molecule has 0 fully saturated rings. The van der Waals surface area contributed by atoms with Crippen LogP contribution in [-0.2, 0) is 0 Å². The van der Waals surface area contributed by atoms with E-state index in [0.717, 1.165) is 23.0 Å². The smallest absolute Gasteiger partial charge is 0.222 e. The highest BCUT2D eigenvalue weighted by Crippen LogP contribution is 2.10. The number of aryl methyl sites for hydroxylation is 1. The number of aromatic nitrogens is 3. The highest BCUT2D eigenvalue weighted by atomic mass is 35.7. The number of rotatable bonds is 2. The first-order valence-corrected chi connectivity index (χ1v) is 8.21. The van der Waals surface area contributed by atoms with Gasteiger partial charge < -0.3 is 0 Å². The molecule has 126 valence electrons. The lowest BCUT2D eigenvalue weighted by molar-refractivity contribution is -2.00. The van der Waals surface area contributed by atoms with Gasteiger partial charge in [0.05, 0.1) is 0 Å². The average molecular weight is 350 g/mol. The molecule has 1 aromatic heterocycles. The van der Waals surface area contributed by atoms with Crippen molar-refractivity contribution < 1.29 is 33.4 Å². The summed E-state index contributed by atoms with van der Waals surface area (Å²) in [5.74, 6) is 2.07. The zero-order chi connectivity index (χ0) is 17.7. The molecule has 8 heteroatoms. The first kappa shape index (κ1) is 18.1. The van der Waals surface area contributed by atoms with E-state index in [1.54, 1.807) is 0 Å². The highest BCUT2D eigenvalue weighted by molar-refractivity contribution is 5.31. The van der Waals surface area contributed by atoms with Crippen LogP contribution >= 0.6 is 0 Å². The molecule has 0 amide bonds. The molecule has 3 rings (SSSR count). The lowest BCUT2D eigenvalue weighted by atomic mass is 10.3. The summed E-state index contributed by atoms with van der Waals surface area (Å²) in [4.78, 5) is 0. The van der Waals surface area contributed by atoms with Crippen molar-refractivity contribution in [3.63, 3.8) is 0 Å². The molecule has 7 nitrogen and oxygen atoms in total. The van der Waals surface area contributed by atoms with Gasteiger partial charge in [0.25, 0.3) is 5.82 Å². The quantitative estimate of drug-likeness (QED) is 0.497. The molecule has 3 aromatic rings. The fraction of sp³-hybridized carbons (Fsp3) is 0.125. The van der Waals surface area contributed by atoms with E-state index >= 15 is 0 Å². The number of benzene rings is 2. The fourth-order valence-corrected chi connectivity index (χ4v) is 2.36. The minimum absolute atomic E-state index is 0.979. The summed E-state index contributed by atoms with van der Waals surface area (Å²) in [7, 11) is -4.94. The second-order valence-electron chi connectivity index (χ2n) is 4.89. The van der Waals surface area contributed by atoms with E-state index in [-0.39, 0.29) is 0 Å². The third kappa shape index (κ3) is 4.85. The molecular formula is C16H16ClN3O4. The number of halogens is 1. The Morgan fingerprint density at radius 3 is 1.79 bits per heavy atom. The maximum atomic E-state index is 8.49. The summed E-state index contributed by atoms with van der Waals surface area (Å²) in [5.41, 5.74) is 2.22. The Morgan fingerprint density at radius 2 is 1.29 bits per heavy atom. The summed E-state index contributed by atoms with van der Waals surface area (Å²) < 4.78 is 38.1. The molecule has 0 N–H and O–H groups in total. The Morgan fingerprint density at radius 1 is 0.833 bits per heavy atom. The third-order valence-corrected chi connectivity index (χ3v) is 3.21. The SMILES string of the molecule is Cc1nn(-c2ccccc2)c(C)[n+]1-c1ccccc1.[O-][Cl+3]([O-])([O-])[O-]. The predicted octanol–water partition coefficient (Wildman–Crippen LogP) is -1.99. The van der Waals surface area contributed by atoms with Crippen LogP contribution in [0.1, 0.15) is 11.6 Å². The van der Waals surface area contributed by atoms with Gasteiger partial charge in [0, 0.05) is 18.9 Å². The molecule has 0 aliphatic carbocycles. The largest absolute Gasteiger partial charge is 0.279 e. The van der Waals surface area contributed by atoms with E-state index in [0.29, 0.717) is 0 Å².